The molecule has 1 saturated carbocycles. The second-order valence-corrected chi connectivity index (χ2v) is 8.21. The van der Waals surface area contributed by atoms with Crippen molar-refractivity contribution in [2.24, 2.45) is 0 Å². The van der Waals surface area contributed by atoms with Gasteiger partial charge in [-0.1, -0.05) is 0 Å². The number of amides is 2. The molecule has 180 valence electrons. The van der Waals surface area contributed by atoms with Crippen LogP contribution < -0.4 is 24.4 Å². The number of benzene rings is 2. The van der Waals surface area contributed by atoms with E-state index >= 15 is 0 Å². The summed E-state index contributed by atoms with van der Waals surface area (Å²) < 4.78 is 21.7. The fourth-order valence-electron chi connectivity index (χ4n) is 3.56. The number of anilines is 1. The second-order valence-electron chi connectivity index (χ2n) is 8.21. The van der Waals surface area contributed by atoms with E-state index in [-0.39, 0.29) is 55.0 Å². The average Bonchev–Trinajstić information content (AvgIpc) is 3.57. The van der Waals surface area contributed by atoms with Crippen LogP contribution in [0.4, 0.5) is 5.69 Å². The van der Waals surface area contributed by atoms with E-state index < -0.39 is 0 Å². The highest BCUT2D eigenvalue weighted by atomic mass is 16.5. The Morgan fingerprint density at radius 3 is 2.66 bits per heavy atom. The molecule has 35 heavy (non-hydrogen) atoms. The highest BCUT2D eigenvalue weighted by molar-refractivity contribution is 6.02. The molecule has 5 rings (SSSR count). The van der Waals surface area contributed by atoms with E-state index in [0.29, 0.717) is 28.5 Å². The SMILES string of the molecule is COc1ccc(OCC(=O)c2ccc3c(c2)N(Cc2nc(C(=O)NC4CC4)co2)C(=O)CO3)cc1. The number of nitrogens with one attached hydrogen (secondary N) is 1. The van der Waals surface area contributed by atoms with Crippen LogP contribution in [0.5, 0.6) is 17.2 Å². The smallest absolute Gasteiger partial charge is 0.273 e. The van der Waals surface area contributed by atoms with E-state index in [4.69, 9.17) is 18.6 Å². The van der Waals surface area contributed by atoms with E-state index in [0.717, 1.165) is 12.8 Å². The number of fused-ring (bicyclic) bond motifs is 1. The first-order valence-electron chi connectivity index (χ1n) is 11.1. The second kappa shape index (κ2) is 9.49. The number of carbonyl (C=O) groups excluding carboxylic acids is 3. The van der Waals surface area contributed by atoms with Crippen LogP contribution in [0, 0.1) is 0 Å². The van der Waals surface area contributed by atoms with Crippen molar-refractivity contribution in [3.05, 3.63) is 65.9 Å². The van der Waals surface area contributed by atoms with Crippen LogP contribution in [0.25, 0.3) is 0 Å². The maximum absolute atomic E-state index is 12.8. The van der Waals surface area contributed by atoms with Gasteiger partial charge in [0.25, 0.3) is 11.8 Å². The molecule has 1 aliphatic carbocycles. The molecule has 2 heterocycles. The summed E-state index contributed by atoms with van der Waals surface area (Å²) in [5.41, 5.74) is 0.934. The molecule has 0 spiro atoms. The normalized spacial score (nSPS) is 14.7. The van der Waals surface area contributed by atoms with Crippen molar-refractivity contribution >= 4 is 23.3 Å². The third-order valence-electron chi connectivity index (χ3n) is 5.64. The lowest BCUT2D eigenvalue weighted by molar-refractivity contribution is -0.121. The van der Waals surface area contributed by atoms with Gasteiger partial charge in [0.15, 0.2) is 24.7 Å². The van der Waals surface area contributed by atoms with Crippen molar-refractivity contribution < 1.29 is 33.0 Å². The fraction of sp³-hybridized carbons (Fsp3) is 0.280. The number of rotatable bonds is 9. The number of nitrogens with zero attached hydrogens (tertiary/aromatic N) is 2. The zero-order chi connectivity index (χ0) is 24.4. The largest absolute Gasteiger partial charge is 0.497 e. The van der Waals surface area contributed by atoms with Gasteiger partial charge >= 0.3 is 0 Å². The quantitative estimate of drug-likeness (QED) is 0.467. The molecule has 2 aromatic carbocycles. The molecule has 10 heteroatoms. The van der Waals surface area contributed by atoms with Crippen molar-refractivity contribution in [3.63, 3.8) is 0 Å². The summed E-state index contributed by atoms with van der Waals surface area (Å²) in [6.07, 6.45) is 3.19. The molecular weight excluding hydrogens is 454 g/mol. The van der Waals surface area contributed by atoms with Gasteiger partial charge < -0.3 is 23.9 Å². The third-order valence-corrected chi connectivity index (χ3v) is 5.64. The molecule has 0 saturated heterocycles. The Morgan fingerprint density at radius 1 is 1.14 bits per heavy atom. The van der Waals surface area contributed by atoms with Crippen molar-refractivity contribution in [1.82, 2.24) is 10.3 Å². The number of ether oxygens (including phenoxy) is 3. The van der Waals surface area contributed by atoms with Crippen LogP contribution >= 0.6 is 0 Å². The predicted molar refractivity (Wildman–Crippen MR) is 123 cm³/mol. The molecule has 0 atom stereocenters. The van der Waals surface area contributed by atoms with Gasteiger partial charge in [-0.15, -0.1) is 0 Å². The number of hydrogen-bond donors (Lipinski definition) is 1. The lowest BCUT2D eigenvalue weighted by Gasteiger charge is -2.28. The number of hydrogen-bond acceptors (Lipinski definition) is 8. The highest BCUT2D eigenvalue weighted by Gasteiger charge is 2.29. The van der Waals surface area contributed by atoms with E-state index in [1.807, 2.05) is 0 Å². The van der Waals surface area contributed by atoms with Crippen LogP contribution in [-0.4, -0.2) is 48.9 Å². The van der Waals surface area contributed by atoms with E-state index in [9.17, 15) is 14.4 Å². The van der Waals surface area contributed by atoms with E-state index in [1.54, 1.807) is 49.6 Å². The van der Waals surface area contributed by atoms with Crippen molar-refractivity contribution in [2.75, 3.05) is 25.2 Å². The Morgan fingerprint density at radius 2 is 1.91 bits per heavy atom. The zero-order valence-electron chi connectivity index (χ0n) is 19.0. The minimum Gasteiger partial charge on any atom is -0.497 e. The zero-order valence-corrected chi connectivity index (χ0v) is 19.0. The fourth-order valence-corrected chi connectivity index (χ4v) is 3.56. The average molecular weight is 477 g/mol. The molecule has 0 radical (unpaired) electrons. The monoisotopic (exact) mass is 477 g/mol. The molecule has 1 aliphatic heterocycles. The van der Waals surface area contributed by atoms with Gasteiger partial charge in [-0.2, -0.15) is 0 Å². The molecule has 10 nitrogen and oxygen atoms in total. The van der Waals surface area contributed by atoms with Crippen LogP contribution in [0.1, 0.15) is 39.6 Å². The van der Waals surface area contributed by atoms with Gasteiger partial charge in [0, 0.05) is 11.6 Å². The predicted octanol–water partition coefficient (Wildman–Crippen LogP) is 2.76. The van der Waals surface area contributed by atoms with Gasteiger partial charge in [-0.3, -0.25) is 19.3 Å². The van der Waals surface area contributed by atoms with E-state index in [1.165, 1.54) is 11.2 Å². The first-order chi connectivity index (χ1) is 17.0. The Bertz CT molecular complexity index is 1260. The molecule has 1 aromatic heterocycles. The summed E-state index contributed by atoms with van der Waals surface area (Å²) >= 11 is 0. The minimum atomic E-state index is -0.321. The number of carbonyl (C=O) groups is 3. The first-order valence-corrected chi connectivity index (χ1v) is 11.1. The molecule has 2 amide bonds. The number of ketones is 1. The topological polar surface area (TPSA) is 120 Å². The lowest BCUT2D eigenvalue weighted by atomic mass is 10.1. The standard InChI is InChI=1S/C25H23N3O7/c1-32-17-5-7-18(8-6-17)33-13-21(29)15-2-9-22-20(10-15)28(24(30)14-34-22)11-23-27-19(12-35-23)25(31)26-16-3-4-16/h2,5-10,12,16H,3-4,11,13-14H2,1H3,(H,26,31). The Labute approximate surface area is 200 Å². The Kier molecular flexibility index (Phi) is 6.09. The van der Waals surface area contributed by atoms with Gasteiger partial charge in [0.05, 0.1) is 12.8 Å². The van der Waals surface area contributed by atoms with Crippen molar-refractivity contribution in [1.29, 1.82) is 0 Å². The summed E-state index contributed by atoms with van der Waals surface area (Å²) in [5, 5.41) is 2.84. The Balaban J connectivity index is 1.29. The van der Waals surface area contributed by atoms with Crippen molar-refractivity contribution in [3.8, 4) is 17.2 Å². The van der Waals surface area contributed by atoms with Crippen LogP contribution in [-0.2, 0) is 11.3 Å². The molecule has 3 aromatic rings. The van der Waals surface area contributed by atoms with Gasteiger partial charge in [0.1, 0.15) is 30.1 Å². The summed E-state index contributed by atoms with van der Waals surface area (Å²) in [7, 11) is 1.57. The summed E-state index contributed by atoms with van der Waals surface area (Å²) in [5.74, 6) is 0.978. The number of aromatic nitrogens is 1. The number of Topliss-reactive ketones (excluding diaryl/α,β-unsaturated/α-hetero) is 1. The summed E-state index contributed by atoms with van der Waals surface area (Å²) in [6.45, 7) is -0.346. The molecule has 0 bridgehead atoms. The molecular formula is C25H23N3O7. The third kappa shape index (κ3) is 5.11. The van der Waals surface area contributed by atoms with Crippen molar-refractivity contribution in [2.45, 2.75) is 25.4 Å². The van der Waals surface area contributed by atoms with Gasteiger partial charge in [0.2, 0.25) is 5.89 Å². The van der Waals surface area contributed by atoms with Crippen LogP contribution in [0.2, 0.25) is 0 Å². The van der Waals surface area contributed by atoms with Crippen LogP contribution in [0.3, 0.4) is 0 Å². The Hall–Kier alpha value is -4.34. The minimum absolute atomic E-state index is 0.00804. The molecule has 1 fully saturated rings. The highest BCUT2D eigenvalue weighted by Crippen LogP contribution is 2.34. The molecule has 2 aliphatic rings. The lowest BCUT2D eigenvalue weighted by Crippen LogP contribution is -2.38. The van der Waals surface area contributed by atoms with E-state index in [2.05, 4.69) is 10.3 Å². The maximum Gasteiger partial charge on any atom is 0.273 e. The molecule has 0 unspecified atom stereocenters. The molecule has 1 N–H and O–H groups in total. The first kappa shape index (κ1) is 22.5. The summed E-state index contributed by atoms with van der Waals surface area (Å²) in [4.78, 5) is 43.2. The summed E-state index contributed by atoms with van der Waals surface area (Å²) in [6, 6.07) is 11.9. The maximum atomic E-state index is 12.8. The number of oxazole rings is 1. The van der Waals surface area contributed by atoms with Crippen LogP contribution in [0.15, 0.2) is 53.1 Å². The number of methoxy groups -OCH3 is 1. The van der Waals surface area contributed by atoms with Gasteiger partial charge in [-0.05, 0) is 55.3 Å². The van der Waals surface area contributed by atoms with Gasteiger partial charge in [-0.25, -0.2) is 4.98 Å².